The van der Waals surface area contributed by atoms with Crippen LogP contribution in [0.25, 0.3) is 0 Å². The molecule has 0 radical (unpaired) electrons. The highest BCUT2D eigenvalue weighted by Crippen LogP contribution is 2.19. The Morgan fingerprint density at radius 3 is 2.52 bits per heavy atom. The van der Waals surface area contributed by atoms with Crippen LogP contribution in [0, 0.1) is 13.8 Å². The molecule has 1 amide bonds. The third-order valence-corrected chi connectivity index (χ3v) is 4.04. The number of aryl methyl sites for hydroxylation is 2. The zero-order valence-electron chi connectivity index (χ0n) is 15.6. The Hall–Kier alpha value is -2.63. The van der Waals surface area contributed by atoms with E-state index in [-0.39, 0.29) is 11.7 Å². The molecule has 27 heavy (non-hydrogen) atoms. The largest absolute Gasteiger partial charge is 0.493 e. The van der Waals surface area contributed by atoms with E-state index in [1.807, 2.05) is 32.0 Å². The number of halogens is 2. The summed E-state index contributed by atoms with van der Waals surface area (Å²) in [5.74, 6) is 0.942. The Morgan fingerprint density at radius 2 is 1.81 bits per heavy atom. The van der Waals surface area contributed by atoms with Crippen LogP contribution in [0.15, 0.2) is 42.5 Å². The molecule has 0 aliphatic rings. The highest BCUT2D eigenvalue weighted by atomic mass is 19.3. The van der Waals surface area contributed by atoms with Gasteiger partial charge in [0.25, 0.3) is 0 Å². The lowest BCUT2D eigenvalue weighted by atomic mass is 10.1. The van der Waals surface area contributed by atoms with Gasteiger partial charge in [-0.1, -0.05) is 24.3 Å². The Kier molecular flexibility index (Phi) is 8.04. The number of hydrogen-bond donors (Lipinski definition) is 1. The van der Waals surface area contributed by atoms with Gasteiger partial charge in [-0.3, -0.25) is 4.79 Å². The molecule has 0 aliphatic heterocycles. The minimum absolute atomic E-state index is 0.0466. The second-order valence-electron chi connectivity index (χ2n) is 6.37. The highest BCUT2D eigenvalue weighted by Gasteiger charge is 2.05. The van der Waals surface area contributed by atoms with E-state index in [4.69, 9.17) is 4.74 Å². The Morgan fingerprint density at radius 1 is 1.07 bits per heavy atom. The molecule has 0 unspecified atom stereocenters. The molecule has 4 nitrogen and oxygen atoms in total. The molecule has 0 heterocycles. The number of benzene rings is 2. The van der Waals surface area contributed by atoms with Crippen molar-refractivity contribution in [3.05, 3.63) is 59.2 Å². The molecule has 0 fully saturated rings. The minimum Gasteiger partial charge on any atom is -0.493 e. The predicted molar refractivity (Wildman–Crippen MR) is 100 cm³/mol. The van der Waals surface area contributed by atoms with Gasteiger partial charge < -0.3 is 14.8 Å². The number of carbonyl (C=O) groups is 1. The van der Waals surface area contributed by atoms with Crippen LogP contribution in [0.1, 0.15) is 36.0 Å². The number of ether oxygens (including phenoxy) is 2. The summed E-state index contributed by atoms with van der Waals surface area (Å²) in [5.41, 5.74) is 3.08. The first kappa shape index (κ1) is 20.7. The van der Waals surface area contributed by atoms with Crippen LogP contribution in [-0.2, 0) is 11.3 Å². The second-order valence-corrected chi connectivity index (χ2v) is 6.37. The van der Waals surface area contributed by atoms with Crippen LogP contribution in [-0.4, -0.2) is 19.1 Å². The van der Waals surface area contributed by atoms with Gasteiger partial charge in [0.05, 0.1) is 6.61 Å². The van der Waals surface area contributed by atoms with E-state index in [1.54, 1.807) is 12.1 Å². The normalized spacial score (nSPS) is 10.7. The molecule has 0 aliphatic carbocycles. The second kappa shape index (κ2) is 10.5. The summed E-state index contributed by atoms with van der Waals surface area (Å²) in [6.07, 6.45) is 1.95. The molecule has 2 aromatic carbocycles. The fraction of sp³-hybridized carbons (Fsp3) is 0.381. The van der Waals surface area contributed by atoms with E-state index < -0.39 is 6.61 Å². The summed E-state index contributed by atoms with van der Waals surface area (Å²) in [6.45, 7) is 2.12. The molecule has 0 saturated carbocycles. The average Bonchev–Trinajstić information content (AvgIpc) is 2.63. The maximum Gasteiger partial charge on any atom is 0.387 e. The van der Waals surface area contributed by atoms with Crippen LogP contribution in [0.2, 0.25) is 0 Å². The molecular weight excluding hydrogens is 352 g/mol. The topological polar surface area (TPSA) is 47.6 Å². The van der Waals surface area contributed by atoms with Gasteiger partial charge in [0, 0.05) is 13.0 Å². The van der Waals surface area contributed by atoms with Gasteiger partial charge in [0.1, 0.15) is 11.5 Å². The number of nitrogens with one attached hydrogen (secondary N) is 1. The van der Waals surface area contributed by atoms with Crippen molar-refractivity contribution >= 4 is 5.91 Å². The molecular formula is C21H25F2NO3. The predicted octanol–water partition coefficient (Wildman–Crippen LogP) is 4.77. The molecule has 2 aromatic rings. The van der Waals surface area contributed by atoms with Crippen molar-refractivity contribution in [1.29, 1.82) is 0 Å². The van der Waals surface area contributed by atoms with Crippen LogP contribution in [0.5, 0.6) is 11.5 Å². The van der Waals surface area contributed by atoms with Crippen molar-refractivity contribution in [2.24, 2.45) is 0 Å². The Bertz CT molecular complexity index is 733. The van der Waals surface area contributed by atoms with Crippen molar-refractivity contribution in [2.75, 3.05) is 6.61 Å². The molecule has 0 aromatic heterocycles. The number of unbranched alkanes of at least 4 members (excludes halogenated alkanes) is 1. The number of rotatable bonds is 10. The van der Waals surface area contributed by atoms with Gasteiger partial charge in [-0.25, -0.2) is 0 Å². The van der Waals surface area contributed by atoms with E-state index in [9.17, 15) is 13.6 Å². The number of hydrogen-bond acceptors (Lipinski definition) is 3. The standard InChI is InChI=1S/C21H25F2NO3/c1-15-6-7-16(2)19(13-15)26-12-4-3-5-20(25)24-14-17-8-10-18(11-9-17)27-21(22)23/h6-11,13,21H,3-5,12,14H2,1-2H3,(H,24,25). The lowest BCUT2D eigenvalue weighted by Crippen LogP contribution is -2.22. The molecule has 6 heteroatoms. The van der Waals surface area contributed by atoms with Gasteiger partial charge in [-0.15, -0.1) is 0 Å². The summed E-state index contributed by atoms with van der Waals surface area (Å²) in [6, 6.07) is 12.3. The lowest BCUT2D eigenvalue weighted by molar-refractivity contribution is -0.121. The first-order chi connectivity index (χ1) is 12.9. The molecule has 2 rings (SSSR count). The first-order valence-electron chi connectivity index (χ1n) is 8.94. The molecule has 146 valence electrons. The summed E-state index contributed by atoms with van der Waals surface area (Å²) >= 11 is 0. The fourth-order valence-corrected chi connectivity index (χ4v) is 2.51. The van der Waals surface area contributed by atoms with Crippen molar-refractivity contribution in [3.8, 4) is 11.5 Å². The van der Waals surface area contributed by atoms with Gasteiger partial charge in [0.2, 0.25) is 5.91 Å². The highest BCUT2D eigenvalue weighted by molar-refractivity contribution is 5.75. The van der Waals surface area contributed by atoms with Crippen LogP contribution in [0.3, 0.4) is 0 Å². The minimum atomic E-state index is -2.84. The smallest absolute Gasteiger partial charge is 0.387 e. The van der Waals surface area contributed by atoms with E-state index in [0.717, 1.165) is 35.3 Å². The third kappa shape index (κ3) is 7.64. The maximum absolute atomic E-state index is 12.1. The third-order valence-electron chi connectivity index (χ3n) is 4.04. The Balaban J connectivity index is 1.61. The summed E-state index contributed by atoms with van der Waals surface area (Å²) < 4.78 is 34.2. The monoisotopic (exact) mass is 377 g/mol. The van der Waals surface area contributed by atoms with Gasteiger partial charge in [0.15, 0.2) is 0 Å². The van der Waals surface area contributed by atoms with Gasteiger partial charge in [-0.2, -0.15) is 8.78 Å². The van der Waals surface area contributed by atoms with Crippen molar-refractivity contribution in [3.63, 3.8) is 0 Å². The van der Waals surface area contributed by atoms with Crippen molar-refractivity contribution in [1.82, 2.24) is 5.32 Å². The SMILES string of the molecule is Cc1ccc(C)c(OCCCCC(=O)NCc2ccc(OC(F)F)cc2)c1. The quantitative estimate of drug-likeness (QED) is 0.607. The first-order valence-corrected chi connectivity index (χ1v) is 8.94. The van der Waals surface area contributed by atoms with Crippen LogP contribution < -0.4 is 14.8 Å². The number of carbonyl (C=O) groups excluding carboxylic acids is 1. The van der Waals surface area contributed by atoms with E-state index >= 15 is 0 Å². The van der Waals surface area contributed by atoms with E-state index in [0.29, 0.717) is 19.6 Å². The van der Waals surface area contributed by atoms with Crippen LogP contribution in [0.4, 0.5) is 8.78 Å². The summed E-state index contributed by atoms with van der Waals surface area (Å²) in [4.78, 5) is 11.9. The molecule has 0 bridgehead atoms. The van der Waals surface area contributed by atoms with Crippen molar-refractivity contribution < 1.29 is 23.0 Å². The average molecular weight is 377 g/mol. The van der Waals surface area contributed by atoms with Gasteiger partial charge >= 0.3 is 6.61 Å². The number of amides is 1. The Labute approximate surface area is 158 Å². The molecule has 0 saturated heterocycles. The summed E-state index contributed by atoms with van der Waals surface area (Å²) in [5, 5.41) is 2.82. The zero-order valence-corrected chi connectivity index (χ0v) is 15.6. The maximum atomic E-state index is 12.1. The molecule has 0 spiro atoms. The van der Waals surface area contributed by atoms with E-state index in [2.05, 4.69) is 10.1 Å². The van der Waals surface area contributed by atoms with Crippen LogP contribution >= 0.6 is 0 Å². The lowest BCUT2D eigenvalue weighted by Gasteiger charge is -2.10. The summed E-state index contributed by atoms with van der Waals surface area (Å²) in [7, 11) is 0. The molecule has 1 N–H and O–H groups in total. The zero-order chi connectivity index (χ0) is 19.6. The van der Waals surface area contributed by atoms with E-state index in [1.165, 1.54) is 12.1 Å². The van der Waals surface area contributed by atoms with Gasteiger partial charge in [-0.05, 0) is 61.6 Å². The number of alkyl halides is 2. The van der Waals surface area contributed by atoms with Crippen molar-refractivity contribution in [2.45, 2.75) is 46.3 Å². The molecule has 0 atom stereocenters. The fourth-order valence-electron chi connectivity index (χ4n) is 2.51.